The molecule has 1 fully saturated rings. The van der Waals surface area contributed by atoms with Crippen LogP contribution in [0.4, 0.5) is 4.39 Å². The normalized spacial score (nSPS) is 13.8. The topological polar surface area (TPSA) is 120 Å². The second kappa shape index (κ2) is 11.0. The van der Waals surface area contributed by atoms with Gasteiger partial charge in [0.1, 0.15) is 16.8 Å². The van der Waals surface area contributed by atoms with Crippen LogP contribution in [0.1, 0.15) is 60.9 Å². The van der Waals surface area contributed by atoms with Crippen molar-refractivity contribution in [3.05, 3.63) is 62.3 Å². The first-order valence-electron chi connectivity index (χ1n) is 10.8. The van der Waals surface area contributed by atoms with Gasteiger partial charge in [-0.1, -0.05) is 19.9 Å². The van der Waals surface area contributed by atoms with Crippen molar-refractivity contribution < 1.29 is 18.1 Å². The van der Waals surface area contributed by atoms with Crippen LogP contribution in [0.5, 0.6) is 0 Å². The summed E-state index contributed by atoms with van der Waals surface area (Å²) >= 11 is 1.23. The van der Waals surface area contributed by atoms with E-state index in [1.807, 2.05) is 13.8 Å². The zero-order valence-corrected chi connectivity index (χ0v) is 20.4. The third-order valence-electron chi connectivity index (χ3n) is 5.05. The van der Waals surface area contributed by atoms with Gasteiger partial charge < -0.3 is 4.74 Å². The Morgan fingerprint density at radius 3 is 2.73 bits per heavy atom. The van der Waals surface area contributed by atoms with E-state index in [1.54, 1.807) is 23.1 Å². The number of aromatic amines is 1. The Balaban J connectivity index is 0.00000149. The molecule has 4 rings (SSSR count). The summed E-state index contributed by atoms with van der Waals surface area (Å²) in [5.74, 6) is -0.711. The number of halogens is 1. The van der Waals surface area contributed by atoms with Crippen molar-refractivity contribution in [1.29, 1.82) is 0 Å². The largest absolute Gasteiger partial charge is 0.461 e. The van der Waals surface area contributed by atoms with Crippen LogP contribution < -0.4 is 10.7 Å². The summed E-state index contributed by atoms with van der Waals surface area (Å²) in [5, 5.41) is 10.1. The maximum atomic E-state index is 14.2. The molecular weight excluding hydrogens is 467 g/mol. The molecule has 0 amide bonds. The number of hydrogen-bond acceptors (Lipinski definition) is 6. The fourth-order valence-electron chi connectivity index (χ4n) is 3.35. The third-order valence-corrected chi connectivity index (χ3v) is 6.64. The average molecular weight is 495 g/mol. The maximum absolute atomic E-state index is 14.2. The highest BCUT2D eigenvalue weighted by Crippen LogP contribution is 2.34. The summed E-state index contributed by atoms with van der Waals surface area (Å²) in [7, 11) is -1.92. The molecule has 0 aliphatic heterocycles. The SMILES string of the molecule is CC.CCOC(=O)c1csc(-n2[nH]c(=O)c(Cc3ccc(S(N)=O)c(F)c3)c2CC2CC2)n1. The number of carbonyl (C=O) groups excluding carboxylic acids is 1. The standard InChI is InChI=1S/C20H21FN4O4S2.C2H6/c1-2-29-19(27)15-10-30-20(23-15)25-16(9-11-3-4-11)13(18(26)24-25)7-12-5-6-17(31(22)28)14(21)8-12;1-2/h5-6,8,10-11H,2-4,7,9,22H2,1H3,(H,24,26);1-2H3. The van der Waals surface area contributed by atoms with Gasteiger partial charge in [0.25, 0.3) is 5.56 Å². The lowest BCUT2D eigenvalue weighted by Gasteiger charge is -2.08. The first-order valence-corrected chi connectivity index (χ1v) is 12.9. The van der Waals surface area contributed by atoms with Gasteiger partial charge in [-0.05, 0) is 49.8 Å². The van der Waals surface area contributed by atoms with E-state index >= 15 is 0 Å². The van der Waals surface area contributed by atoms with E-state index in [0.717, 1.165) is 18.5 Å². The van der Waals surface area contributed by atoms with Crippen LogP contribution in [0, 0.1) is 11.7 Å². The van der Waals surface area contributed by atoms with Gasteiger partial charge in [0.05, 0.1) is 17.2 Å². The Morgan fingerprint density at radius 2 is 2.12 bits per heavy atom. The fraction of sp³-hybridized carbons (Fsp3) is 0.409. The smallest absolute Gasteiger partial charge is 0.357 e. The quantitative estimate of drug-likeness (QED) is 0.465. The van der Waals surface area contributed by atoms with Gasteiger partial charge in [-0.3, -0.25) is 9.89 Å². The van der Waals surface area contributed by atoms with Crippen molar-refractivity contribution in [2.45, 2.75) is 51.3 Å². The molecule has 0 bridgehead atoms. The third kappa shape index (κ3) is 5.84. The van der Waals surface area contributed by atoms with E-state index in [0.29, 0.717) is 28.6 Å². The van der Waals surface area contributed by atoms with Gasteiger partial charge in [0.15, 0.2) is 5.69 Å². The molecule has 178 valence electrons. The van der Waals surface area contributed by atoms with E-state index in [2.05, 4.69) is 10.1 Å². The maximum Gasteiger partial charge on any atom is 0.357 e. The van der Waals surface area contributed by atoms with Crippen LogP contribution in [0.3, 0.4) is 0 Å². The number of esters is 1. The second-order valence-corrected chi connectivity index (χ2v) is 9.20. The van der Waals surface area contributed by atoms with Crippen LogP contribution in [0.15, 0.2) is 33.3 Å². The minimum atomic E-state index is -1.92. The lowest BCUT2D eigenvalue weighted by atomic mass is 10.0. The van der Waals surface area contributed by atoms with Crippen molar-refractivity contribution in [1.82, 2.24) is 14.8 Å². The van der Waals surface area contributed by atoms with Crippen molar-refractivity contribution >= 4 is 28.3 Å². The molecule has 3 N–H and O–H groups in total. The van der Waals surface area contributed by atoms with Crippen LogP contribution >= 0.6 is 11.3 Å². The molecule has 2 aromatic heterocycles. The molecule has 0 radical (unpaired) electrons. The Labute approximate surface area is 197 Å². The van der Waals surface area contributed by atoms with Gasteiger partial charge in [0, 0.05) is 17.4 Å². The van der Waals surface area contributed by atoms with Gasteiger partial charge in [0.2, 0.25) is 5.13 Å². The number of hydrogen-bond donors (Lipinski definition) is 2. The molecule has 1 atom stereocenters. The van der Waals surface area contributed by atoms with E-state index in [-0.39, 0.29) is 29.2 Å². The lowest BCUT2D eigenvalue weighted by Crippen LogP contribution is -2.09. The number of rotatable bonds is 8. The predicted octanol–water partition coefficient (Wildman–Crippen LogP) is 3.49. The number of ether oxygens (including phenoxy) is 1. The van der Waals surface area contributed by atoms with Gasteiger partial charge in [-0.15, -0.1) is 11.3 Å². The fourth-order valence-corrected chi connectivity index (χ4v) is 4.58. The molecule has 1 aliphatic carbocycles. The Hall–Kier alpha value is -2.63. The van der Waals surface area contributed by atoms with Gasteiger partial charge >= 0.3 is 5.97 Å². The molecule has 3 aromatic rings. The molecule has 2 heterocycles. The molecule has 1 unspecified atom stereocenters. The summed E-state index contributed by atoms with van der Waals surface area (Å²) in [6, 6.07) is 4.24. The zero-order valence-electron chi connectivity index (χ0n) is 18.7. The average Bonchev–Trinajstić information content (AvgIpc) is 3.38. The van der Waals surface area contributed by atoms with Crippen LogP contribution in [-0.2, 0) is 28.6 Å². The monoisotopic (exact) mass is 494 g/mol. The lowest BCUT2D eigenvalue weighted by molar-refractivity contribution is 0.0520. The molecule has 0 saturated heterocycles. The second-order valence-electron chi connectivity index (χ2n) is 7.32. The van der Waals surface area contributed by atoms with Crippen molar-refractivity contribution in [3.8, 4) is 5.13 Å². The molecule has 1 aliphatic rings. The Kier molecular flexibility index (Phi) is 8.33. The summed E-state index contributed by atoms with van der Waals surface area (Å²) in [6.45, 7) is 5.96. The van der Waals surface area contributed by atoms with Gasteiger partial charge in [-0.2, -0.15) is 0 Å². The number of thiazole rings is 1. The molecule has 1 saturated carbocycles. The highest BCUT2D eigenvalue weighted by molar-refractivity contribution is 7.82. The minimum absolute atomic E-state index is 0.0808. The number of H-pyrrole nitrogens is 1. The molecule has 33 heavy (non-hydrogen) atoms. The van der Waals surface area contributed by atoms with Crippen molar-refractivity contribution in [2.75, 3.05) is 6.61 Å². The van der Waals surface area contributed by atoms with Crippen LogP contribution in [0.25, 0.3) is 5.13 Å². The van der Waals surface area contributed by atoms with Crippen LogP contribution in [-0.4, -0.2) is 31.5 Å². The molecule has 11 heteroatoms. The Bertz CT molecular complexity index is 1210. The predicted molar refractivity (Wildman–Crippen MR) is 126 cm³/mol. The van der Waals surface area contributed by atoms with E-state index < -0.39 is 22.8 Å². The first-order chi connectivity index (χ1) is 15.9. The van der Waals surface area contributed by atoms with E-state index in [4.69, 9.17) is 9.88 Å². The van der Waals surface area contributed by atoms with E-state index in [9.17, 15) is 18.2 Å². The molecule has 8 nitrogen and oxygen atoms in total. The van der Waals surface area contributed by atoms with Crippen LogP contribution in [0.2, 0.25) is 0 Å². The molecular formula is C22H27FN4O4S2. The summed E-state index contributed by atoms with van der Waals surface area (Å²) in [6.07, 6.45) is 3.04. The number of carbonyl (C=O) groups is 1. The highest BCUT2D eigenvalue weighted by atomic mass is 32.2. The number of nitrogens with zero attached hydrogens (tertiary/aromatic N) is 2. The van der Waals surface area contributed by atoms with E-state index in [1.165, 1.54) is 23.5 Å². The summed E-state index contributed by atoms with van der Waals surface area (Å²) in [4.78, 5) is 29.0. The number of aromatic nitrogens is 3. The number of nitrogens with one attached hydrogen (secondary N) is 1. The zero-order chi connectivity index (χ0) is 24.1. The molecule has 1 aromatic carbocycles. The Morgan fingerprint density at radius 1 is 1.39 bits per heavy atom. The highest BCUT2D eigenvalue weighted by Gasteiger charge is 2.28. The van der Waals surface area contributed by atoms with Crippen molar-refractivity contribution in [3.63, 3.8) is 0 Å². The first kappa shape index (κ1) is 25.0. The number of benzene rings is 1. The number of nitrogens with two attached hydrogens (primary N) is 1. The summed E-state index contributed by atoms with van der Waals surface area (Å²) in [5.41, 5.74) is 1.74. The van der Waals surface area contributed by atoms with Gasteiger partial charge in [-0.25, -0.2) is 28.2 Å². The van der Waals surface area contributed by atoms with Crippen molar-refractivity contribution in [2.24, 2.45) is 11.1 Å². The summed E-state index contributed by atoms with van der Waals surface area (Å²) < 4.78 is 32.2. The molecule has 0 spiro atoms. The minimum Gasteiger partial charge on any atom is -0.461 e.